The van der Waals surface area contributed by atoms with Crippen LogP contribution in [-0.4, -0.2) is 22.8 Å². The van der Waals surface area contributed by atoms with Gasteiger partial charge in [-0.1, -0.05) is 25.0 Å². The van der Waals surface area contributed by atoms with Gasteiger partial charge in [-0.3, -0.25) is 9.48 Å². The molecule has 1 aromatic carbocycles. The number of carbonyl (C=O) groups excluding carboxylic acids is 1. The van der Waals surface area contributed by atoms with E-state index < -0.39 is 5.41 Å². The van der Waals surface area contributed by atoms with E-state index in [1.165, 1.54) is 0 Å². The van der Waals surface area contributed by atoms with E-state index in [9.17, 15) is 4.79 Å². The third kappa shape index (κ3) is 2.71. The van der Waals surface area contributed by atoms with Crippen molar-refractivity contribution in [1.82, 2.24) is 9.78 Å². The molecule has 3 rings (SSSR count). The van der Waals surface area contributed by atoms with Gasteiger partial charge in [0.25, 0.3) is 0 Å². The monoisotopic (exact) mass is 313 g/mol. The largest absolute Gasteiger partial charge is 0.497 e. The highest BCUT2D eigenvalue weighted by molar-refractivity contribution is 5.99. The summed E-state index contributed by atoms with van der Waals surface area (Å²) < 4.78 is 7.10. The summed E-state index contributed by atoms with van der Waals surface area (Å²) in [6.07, 6.45) is 5.57. The molecule has 0 aliphatic heterocycles. The first-order valence-electron chi connectivity index (χ1n) is 8.01. The molecule has 1 heterocycles. The van der Waals surface area contributed by atoms with Gasteiger partial charge in [-0.05, 0) is 37.5 Å². The van der Waals surface area contributed by atoms with Crippen molar-refractivity contribution in [3.05, 3.63) is 41.7 Å². The van der Waals surface area contributed by atoms with Crippen LogP contribution in [-0.2, 0) is 17.3 Å². The molecule has 1 N–H and O–H groups in total. The first kappa shape index (κ1) is 15.6. The molecule has 5 nitrogen and oxygen atoms in total. The number of nitrogens with one attached hydrogen (secondary N) is 1. The lowest BCUT2D eigenvalue weighted by Crippen LogP contribution is -2.38. The Kier molecular flexibility index (Phi) is 4.11. The number of hydrogen-bond acceptors (Lipinski definition) is 3. The molecule has 0 radical (unpaired) electrons. The Morgan fingerprint density at radius 3 is 2.70 bits per heavy atom. The van der Waals surface area contributed by atoms with Gasteiger partial charge in [0.1, 0.15) is 5.75 Å². The van der Waals surface area contributed by atoms with Gasteiger partial charge in [-0.2, -0.15) is 5.10 Å². The third-order valence-electron chi connectivity index (χ3n) is 5.00. The zero-order chi connectivity index (χ0) is 16.4. The highest BCUT2D eigenvalue weighted by Crippen LogP contribution is 2.43. The third-order valence-corrected chi connectivity index (χ3v) is 5.00. The SMILES string of the molecule is COc1cccc(C2(C(=O)Nc3cnn(C)c3C)CCCC2)c1. The molecule has 0 spiro atoms. The molecule has 0 atom stereocenters. The Labute approximate surface area is 136 Å². The second-order valence-corrected chi connectivity index (χ2v) is 6.24. The van der Waals surface area contributed by atoms with Gasteiger partial charge >= 0.3 is 0 Å². The average molecular weight is 313 g/mol. The number of methoxy groups -OCH3 is 1. The van der Waals surface area contributed by atoms with E-state index in [0.717, 1.165) is 48.4 Å². The van der Waals surface area contributed by atoms with Crippen LogP contribution < -0.4 is 10.1 Å². The summed E-state index contributed by atoms with van der Waals surface area (Å²) >= 11 is 0. The second-order valence-electron chi connectivity index (χ2n) is 6.24. The fourth-order valence-electron chi connectivity index (χ4n) is 3.41. The predicted octanol–water partition coefficient (Wildman–Crippen LogP) is 3.19. The minimum Gasteiger partial charge on any atom is -0.497 e. The van der Waals surface area contributed by atoms with Crippen LogP contribution in [0.15, 0.2) is 30.5 Å². The van der Waals surface area contributed by atoms with Gasteiger partial charge in [0.2, 0.25) is 5.91 Å². The lowest BCUT2D eigenvalue weighted by atomic mass is 9.78. The molecule has 5 heteroatoms. The zero-order valence-electron chi connectivity index (χ0n) is 13.9. The lowest BCUT2D eigenvalue weighted by Gasteiger charge is -2.28. The van der Waals surface area contributed by atoms with Crippen LogP contribution in [0.1, 0.15) is 36.9 Å². The van der Waals surface area contributed by atoms with Gasteiger partial charge in [-0.15, -0.1) is 0 Å². The number of rotatable bonds is 4. The maximum Gasteiger partial charge on any atom is 0.235 e. The normalized spacial score (nSPS) is 16.3. The molecule has 23 heavy (non-hydrogen) atoms. The van der Waals surface area contributed by atoms with E-state index in [-0.39, 0.29) is 5.91 Å². The Hall–Kier alpha value is -2.30. The summed E-state index contributed by atoms with van der Waals surface area (Å²) in [5.41, 5.74) is 2.30. The summed E-state index contributed by atoms with van der Waals surface area (Å²) in [5.74, 6) is 0.846. The minimum atomic E-state index is -0.475. The fraction of sp³-hybridized carbons (Fsp3) is 0.444. The minimum absolute atomic E-state index is 0.0550. The molecule has 1 aromatic heterocycles. The van der Waals surface area contributed by atoms with Crippen molar-refractivity contribution >= 4 is 11.6 Å². The van der Waals surface area contributed by atoms with Crippen molar-refractivity contribution in [2.24, 2.45) is 7.05 Å². The van der Waals surface area contributed by atoms with E-state index in [0.29, 0.717) is 0 Å². The summed E-state index contributed by atoms with van der Waals surface area (Å²) in [6, 6.07) is 7.89. The number of carbonyl (C=O) groups is 1. The first-order valence-corrected chi connectivity index (χ1v) is 8.01. The Morgan fingerprint density at radius 1 is 1.35 bits per heavy atom. The maximum atomic E-state index is 13.1. The molecule has 1 amide bonds. The highest BCUT2D eigenvalue weighted by Gasteiger charge is 2.43. The number of aromatic nitrogens is 2. The molecule has 122 valence electrons. The summed E-state index contributed by atoms with van der Waals surface area (Å²) in [7, 11) is 3.53. The van der Waals surface area contributed by atoms with Crippen LogP contribution in [0.3, 0.4) is 0 Å². The van der Waals surface area contributed by atoms with Crippen LogP contribution in [0.5, 0.6) is 5.75 Å². The van der Waals surface area contributed by atoms with Crippen LogP contribution in [0.4, 0.5) is 5.69 Å². The second kappa shape index (κ2) is 6.07. The molecule has 1 fully saturated rings. The topological polar surface area (TPSA) is 56.1 Å². The van der Waals surface area contributed by atoms with Crippen LogP contribution >= 0.6 is 0 Å². The standard InChI is InChI=1S/C18H23N3O2/c1-13-16(12-19-21(13)2)20-17(22)18(9-4-5-10-18)14-7-6-8-15(11-14)23-3/h6-8,11-12H,4-5,9-10H2,1-3H3,(H,20,22). The van der Waals surface area contributed by atoms with Crippen molar-refractivity contribution in [2.45, 2.75) is 38.0 Å². The number of anilines is 1. The van der Waals surface area contributed by atoms with E-state index in [1.807, 2.05) is 38.2 Å². The molecule has 1 aliphatic carbocycles. The Balaban J connectivity index is 1.94. The number of ether oxygens (including phenoxy) is 1. The Morgan fingerprint density at radius 2 is 2.09 bits per heavy atom. The van der Waals surface area contributed by atoms with Crippen LogP contribution in [0.25, 0.3) is 0 Å². The maximum absolute atomic E-state index is 13.1. The van der Waals surface area contributed by atoms with Gasteiger partial charge < -0.3 is 10.1 Å². The molecular formula is C18H23N3O2. The highest BCUT2D eigenvalue weighted by atomic mass is 16.5. The van der Waals surface area contributed by atoms with E-state index in [4.69, 9.17) is 4.74 Å². The Bertz CT molecular complexity index is 715. The number of amides is 1. The van der Waals surface area contributed by atoms with Gasteiger partial charge in [0.05, 0.1) is 30.1 Å². The van der Waals surface area contributed by atoms with E-state index in [1.54, 1.807) is 18.0 Å². The molecule has 2 aromatic rings. The average Bonchev–Trinajstić information content (AvgIpc) is 3.18. The number of hydrogen-bond donors (Lipinski definition) is 1. The molecule has 1 saturated carbocycles. The smallest absolute Gasteiger partial charge is 0.235 e. The summed E-state index contributed by atoms with van der Waals surface area (Å²) in [5, 5.41) is 7.29. The van der Waals surface area contributed by atoms with Gasteiger partial charge in [0, 0.05) is 7.05 Å². The first-order chi connectivity index (χ1) is 11.1. The number of nitrogens with zero attached hydrogens (tertiary/aromatic N) is 2. The summed E-state index contributed by atoms with van der Waals surface area (Å²) in [6.45, 7) is 1.95. The van der Waals surface area contributed by atoms with Crippen molar-refractivity contribution in [1.29, 1.82) is 0 Å². The van der Waals surface area contributed by atoms with Crippen LogP contribution in [0.2, 0.25) is 0 Å². The van der Waals surface area contributed by atoms with Crippen molar-refractivity contribution < 1.29 is 9.53 Å². The zero-order valence-corrected chi connectivity index (χ0v) is 13.9. The van der Waals surface area contributed by atoms with Crippen molar-refractivity contribution in [2.75, 3.05) is 12.4 Å². The quantitative estimate of drug-likeness (QED) is 0.943. The molecular weight excluding hydrogens is 290 g/mol. The van der Waals surface area contributed by atoms with Gasteiger partial charge in [0.15, 0.2) is 0 Å². The molecule has 0 bridgehead atoms. The molecule has 0 saturated heterocycles. The van der Waals surface area contributed by atoms with E-state index >= 15 is 0 Å². The van der Waals surface area contributed by atoms with Crippen LogP contribution in [0, 0.1) is 6.92 Å². The molecule has 0 unspecified atom stereocenters. The number of benzene rings is 1. The summed E-state index contributed by atoms with van der Waals surface area (Å²) in [4.78, 5) is 13.1. The van der Waals surface area contributed by atoms with Crippen molar-refractivity contribution in [3.8, 4) is 5.75 Å². The van der Waals surface area contributed by atoms with Crippen molar-refractivity contribution in [3.63, 3.8) is 0 Å². The fourth-order valence-corrected chi connectivity index (χ4v) is 3.41. The van der Waals surface area contributed by atoms with Gasteiger partial charge in [-0.25, -0.2) is 0 Å². The predicted molar refractivity (Wildman–Crippen MR) is 89.7 cm³/mol. The lowest BCUT2D eigenvalue weighted by molar-refractivity contribution is -0.121. The molecule has 1 aliphatic rings. The van der Waals surface area contributed by atoms with E-state index in [2.05, 4.69) is 10.4 Å². The number of aryl methyl sites for hydroxylation is 1.